The molecule has 0 aliphatic carbocycles. The molecule has 0 saturated carbocycles. The van der Waals surface area contributed by atoms with Crippen molar-refractivity contribution >= 4 is 33.2 Å². The highest BCUT2D eigenvalue weighted by Crippen LogP contribution is 2.37. The number of para-hydroxylation sites is 1. The van der Waals surface area contributed by atoms with Crippen molar-refractivity contribution in [2.45, 2.75) is 26.4 Å². The third kappa shape index (κ3) is 3.04. The first kappa shape index (κ1) is 16.6. The van der Waals surface area contributed by atoms with Crippen molar-refractivity contribution in [1.29, 1.82) is 5.26 Å². The topological polar surface area (TPSA) is 55.1 Å². The van der Waals surface area contributed by atoms with Gasteiger partial charge in [-0.3, -0.25) is 0 Å². The Bertz CT molecular complexity index is 1010. The summed E-state index contributed by atoms with van der Waals surface area (Å²) in [6.07, 6.45) is 2.89. The van der Waals surface area contributed by atoms with Gasteiger partial charge < -0.3 is 9.47 Å². The number of benzene rings is 2. The zero-order valence-corrected chi connectivity index (χ0v) is 15.5. The second kappa shape index (κ2) is 6.81. The van der Waals surface area contributed by atoms with Crippen molar-refractivity contribution in [2.75, 3.05) is 6.61 Å². The van der Waals surface area contributed by atoms with E-state index in [1.54, 1.807) is 0 Å². The molecule has 0 bridgehead atoms. The van der Waals surface area contributed by atoms with Gasteiger partial charge >= 0.3 is 0 Å². The first-order valence-electron chi connectivity index (χ1n) is 8.62. The molecule has 26 heavy (non-hydrogen) atoms. The van der Waals surface area contributed by atoms with Crippen LogP contribution in [-0.4, -0.2) is 17.7 Å². The van der Waals surface area contributed by atoms with E-state index in [1.165, 1.54) is 11.3 Å². The normalized spacial score (nSPS) is 16.2. The molecule has 1 atom stereocenters. The molecule has 1 aromatic heterocycles. The SMILES string of the molecule is CCOc1cc2c(cc1/C=C(\C#N)c1nc3ccccc3s1)O[C@@H](C)C2. The summed E-state index contributed by atoms with van der Waals surface area (Å²) < 4.78 is 12.7. The number of nitriles is 1. The third-order valence-corrected chi connectivity index (χ3v) is 5.34. The van der Waals surface area contributed by atoms with Gasteiger partial charge in [-0.05, 0) is 44.2 Å². The van der Waals surface area contributed by atoms with E-state index in [0.717, 1.165) is 39.3 Å². The van der Waals surface area contributed by atoms with E-state index in [9.17, 15) is 5.26 Å². The maximum Gasteiger partial charge on any atom is 0.135 e. The maximum absolute atomic E-state index is 9.70. The van der Waals surface area contributed by atoms with Crippen LogP contribution in [0, 0.1) is 11.3 Å². The van der Waals surface area contributed by atoms with Crippen molar-refractivity contribution in [3.05, 3.63) is 52.5 Å². The number of aromatic nitrogens is 1. The Morgan fingerprint density at radius 1 is 1.42 bits per heavy atom. The minimum atomic E-state index is 0.165. The average molecular weight is 362 g/mol. The zero-order valence-electron chi connectivity index (χ0n) is 14.7. The number of thiazole rings is 1. The molecular formula is C21H18N2O2S. The highest BCUT2D eigenvalue weighted by atomic mass is 32.1. The Morgan fingerprint density at radius 3 is 3.04 bits per heavy atom. The standard InChI is InChI=1S/C21H18N2O2S/c1-3-24-18-10-14-8-13(2)25-19(14)11-15(18)9-16(12-22)21-23-17-6-4-5-7-20(17)26-21/h4-7,9-11,13H,3,8H2,1-2H3/b16-9+/t13-/m0/s1. The molecule has 3 aromatic rings. The molecule has 1 aliphatic heterocycles. The van der Waals surface area contributed by atoms with E-state index in [1.807, 2.05) is 49.4 Å². The first-order chi connectivity index (χ1) is 12.7. The molecule has 4 nitrogen and oxygen atoms in total. The van der Waals surface area contributed by atoms with Crippen LogP contribution in [0.25, 0.3) is 21.9 Å². The van der Waals surface area contributed by atoms with Crippen molar-refractivity contribution < 1.29 is 9.47 Å². The quantitative estimate of drug-likeness (QED) is 0.607. The highest BCUT2D eigenvalue weighted by Gasteiger charge is 2.22. The summed E-state index contributed by atoms with van der Waals surface area (Å²) in [6.45, 7) is 4.58. The minimum absolute atomic E-state index is 0.165. The molecule has 0 radical (unpaired) electrons. The van der Waals surface area contributed by atoms with Crippen LogP contribution in [0.4, 0.5) is 0 Å². The lowest BCUT2D eigenvalue weighted by atomic mass is 10.0. The number of hydrogen-bond acceptors (Lipinski definition) is 5. The predicted molar refractivity (Wildman–Crippen MR) is 105 cm³/mol. The van der Waals surface area contributed by atoms with Crippen molar-refractivity contribution in [3.8, 4) is 17.6 Å². The lowest BCUT2D eigenvalue weighted by Crippen LogP contribution is -2.05. The van der Waals surface area contributed by atoms with Gasteiger partial charge in [0.25, 0.3) is 0 Å². The van der Waals surface area contributed by atoms with Gasteiger partial charge in [-0.2, -0.15) is 5.26 Å². The number of allylic oxidation sites excluding steroid dienone is 1. The number of ether oxygens (including phenoxy) is 2. The number of fused-ring (bicyclic) bond motifs is 2. The molecule has 130 valence electrons. The van der Waals surface area contributed by atoms with Gasteiger partial charge in [0.2, 0.25) is 0 Å². The Kier molecular flexibility index (Phi) is 4.36. The molecule has 5 heteroatoms. The fraction of sp³-hybridized carbons (Fsp3) is 0.238. The minimum Gasteiger partial charge on any atom is -0.493 e. The van der Waals surface area contributed by atoms with Crippen LogP contribution in [0.1, 0.15) is 30.0 Å². The van der Waals surface area contributed by atoms with Crippen LogP contribution in [0.3, 0.4) is 0 Å². The number of rotatable bonds is 4. The summed E-state index contributed by atoms with van der Waals surface area (Å²) in [5.74, 6) is 1.65. The van der Waals surface area contributed by atoms with E-state index < -0.39 is 0 Å². The number of hydrogen-bond donors (Lipinski definition) is 0. The van der Waals surface area contributed by atoms with Gasteiger partial charge in [-0.25, -0.2) is 4.98 Å². The second-order valence-corrected chi connectivity index (χ2v) is 7.25. The van der Waals surface area contributed by atoms with E-state index >= 15 is 0 Å². The molecule has 0 spiro atoms. The monoisotopic (exact) mass is 362 g/mol. The van der Waals surface area contributed by atoms with Crippen LogP contribution in [0.2, 0.25) is 0 Å². The van der Waals surface area contributed by atoms with Crippen LogP contribution >= 0.6 is 11.3 Å². The lowest BCUT2D eigenvalue weighted by molar-refractivity contribution is 0.254. The molecule has 1 aliphatic rings. The molecule has 4 rings (SSSR count). The molecule has 0 unspecified atom stereocenters. The summed E-state index contributed by atoms with van der Waals surface area (Å²) in [4.78, 5) is 4.60. The average Bonchev–Trinajstić information content (AvgIpc) is 3.21. The fourth-order valence-corrected chi connectivity index (χ4v) is 4.06. The van der Waals surface area contributed by atoms with Gasteiger partial charge in [-0.15, -0.1) is 11.3 Å². The van der Waals surface area contributed by atoms with Gasteiger partial charge in [0.1, 0.15) is 28.7 Å². The van der Waals surface area contributed by atoms with Crippen LogP contribution in [0.15, 0.2) is 36.4 Å². The van der Waals surface area contributed by atoms with Gasteiger partial charge in [0.15, 0.2) is 0 Å². The summed E-state index contributed by atoms with van der Waals surface area (Å²) in [6, 6.07) is 14.2. The van der Waals surface area contributed by atoms with E-state index in [4.69, 9.17) is 9.47 Å². The molecule has 2 aromatic carbocycles. The third-order valence-electron chi connectivity index (χ3n) is 4.27. The summed E-state index contributed by atoms with van der Waals surface area (Å²) in [5, 5.41) is 10.4. The smallest absolute Gasteiger partial charge is 0.135 e. The Labute approximate surface area is 156 Å². The van der Waals surface area contributed by atoms with Crippen molar-refractivity contribution in [3.63, 3.8) is 0 Å². The highest BCUT2D eigenvalue weighted by molar-refractivity contribution is 7.19. The largest absolute Gasteiger partial charge is 0.493 e. The lowest BCUT2D eigenvalue weighted by Gasteiger charge is -2.10. The Hall–Kier alpha value is -2.84. The first-order valence-corrected chi connectivity index (χ1v) is 9.43. The summed E-state index contributed by atoms with van der Waals surface area (Å²) >= 11 is 1.52. The van der Waals surface area contributed by atoms with Gasteiger partial charge in [-0.1, -0.05) is 12.1 Å². The van der Waals surface area contributed by atoms with Crippen molar-refractivity contribution in [1.82, 2.24) is 4.98 Å². The molecule has 2 heterocycles. The molecular weight excluding hydrogens is 344 g/mol. The van der Waals surface area contributed by atoms with Crippen molar-refractivity contribution in [2.24, 2.45) is 0 Å². The second-order valence-electron chi connectivity index (χ2n) is 6.22. The van der Waals surface area contributed by atoms with E-state index in [2.05, 4.69) is 18.0 Å². The van der Waals surface area contributed by atoms with E-state index in [0.29, 0.717) is 17.2 Å². The zero-order chi connectivity index (χ0) is 18.1. The molecule has 0 N–H and O–H groups in total. The number of nitrogens with zero attached hydrogens (tertiary/aromatic N) is 2. The molecule has 0 saturated heterocycles. The van der Waals surface area contributed by atoms with E-state index in [-0.39, 0.29) is 6.10 Å². The Morgan fingerprint density at radius 2 is 2.27 bits per heavy atom. The Balaban J connectivity index is 1.80. The molecule has 0 amide bonds. The van der Waals surface area contributed by atoms with Gasteiger partial charge in [0, 0.05) is 17.5 Å². The maximum atomic E-state index is 9.70. The van der Waals surface area contributed by atoms with Gasteiger partial charge in [0.05, 0.1) is 22.4 Å². The molecule has 0 fully saturated rings. The van der Waals surface area contributed by atoms with Crippen LogP contribution in [0.5, 0.6) is 11.5 Å². The summed E-state index contributed by atoms with van der Waals surface area (Å²) in [7, 11) is 0. The van der Waals surface area contributed by atoms with Crippen LogP contribution < -0.4 is 9.47 Å². The summed E-state index contributed by atoms with van der Waals surface area (Å²) in [5.41, 5.74) is 3.43. The predicted octanol–water partition coefficient (Wildman–Crippen LogP) is 5.08. The van der Waals surface area contributed by atoms with Crippen LogP contribution in [-0.2, 0) is 6.42 Å². The fourth-order valence-electron chi connectivity index (χ4n) is 3.13.